The van der Waals surface area contributed by atoms with Crippen molar-refractivity contribution >= 4 is 57.3 Å². The molecular formula is C24H21Cl2N5O2S2. The van der Waals surface area contributed by atoms with Gasteiger partial charge in [0.2, 0.25) is 5.91 Å². The zero-order valence-corrected chi connectivity index (χ0v) is 21.8. The van der Waals surface area contributed by atoms with Crippen LogP contribution < -0.4 is 10.1 Å². The zero-order valence-electron chi connectivity index (χ0n) is 18.6. The van der Waals surface area contributed by atoms with Gasteiger partial charge in [-0.15, -0.1) is 28.1 Å². The lowest BCUT2D eigenvalue weighted by Gasteiger charge is -2.16. The van der Waals surface area contributed by atoms with Crippen molar-refractivity contribution in [2.75, 3.05) is 11.1 Å². The number of rotatable bonds is 10. The van der Waals surface area contributed by atoms with E-state index in [1.807, 2.05) is 47.2 Å². The number of benzene rings is 2. The second kappa shape index (κ2) is 11.7. The van der Waals surface area contributed by atoms with Gasteiger partial charge in [0.05, 0.1) is 16.5 Å². The van der Waals surface area contributed by atoms with Crippen LogP contribution in [0.4, 0.5) is 5.13 Å². The van der Waals surface area contributed by atoms with E-state index in [2.05, 4.69) is 27.1 Å². The molecular weight excluding hydrogens is 525 g/mol. The van der Waals surface area contributed by atoms with Gasteiger partial charge < -0.3 is 10.1 Å². The van der Waals surface area contributed by atoms with Crippen molar-refractivity contribution in [3.05, 3.63) is 82.4 Å². The summed E-state index contributed by atoms with van der Waals surface area (Å²) in [4.78, 5) is 17.1. The highest BCUT2D eigenvalue weighted by atomic mass is 35.5. The van der Waals surface area contributed by atoms with E-state index in [1.54, 1.807) is 24.3 Å². The zero-order chi connectivity index (χ0) is 24.8. The average Bonchev–Trinajstić information content (AvgIpc) is 3.48. The minimum atomic E-state index is -0.465. The van der Waals surface area contributed by atoms with E-state index in [0.29, 0.717) is 38.5 Å². The molecule has 0 saturated heterocycles. The highest BCUT2D eigenvalue weighted by Gasteiger charge is 2.21. The lowest BCUT2D eigenvalue weighted by molar-refractivity contribution is -0.113. The largest absolute Gasteiger partial charge is 0.481 e. The summed E-state index contributed by atoms with van der Waals surface area (Å²) in [6.45, 7) is 6.11. The second-order valence-corrected chi connectivity index (χ2v) is 9.96. The fraction of sp³-hybridized carbons (Fsp3) is 0.167. The molecule has 0 saturated carbocycles. The maximum Gasteiger partial charge on any atom is 0.236 e. The fourth-order valence-electron chi connectivity index (χ4n) is 3.18. The van der Waals surface area contributed by atoms with Crippen LogP contribution in [-0.2, 0) is 11.3 Å². The summed E-state index contributed by atoms with van der Waals surface area (Å²) in [7, 11) is 0. The number of anilines is 1. The lowest BCUT2D eigenvalue weighted by atomic mass is 10.2. The van der Waals surface area contributed by atoms with Crippen LogP contribution in [0.15, 0.2) is 71.7 Å². The fourth-order valence-corrected chi connectivity index (χ4v) is 4.99. The first-order chi connectivity index (χ1) is 16.9. The Morgan fingerprint density at radius 3 is 2.83 bits per heavy atom. The van der Waals surface area contributed by atoms with Crippen LogP contribution in [0.3, 0.4) is 0 Å². The molecule has 0 radical (unpaired) electrons. The maximum atomic E-state index is 12.6. The van der Waals surface area contributed by atoms with E-state index in [4.69, 9.17) is 27.9 Å². The number of allylic oxidation sites excluding steroid dienone is 1. The van der Waals surface area contributed by atoms with Gasteiger partial charge >= 0.3 is 0 Å². The number of aromatic nitrogens is 4. The third kappa shape index (κ3) is 6.43. The Morgan fingerprint density at radius 2 is 2.06 bits per heavy atom. The minimum absolute atomic E-state index is 0.144. The summed E-state index contributed by atoms with van der Waals surface area (Å²) >= 11 is 14.9. The van der Waals surface area contributed by atoms with E-state index < -0.39 is 6.10 Å². The van der Waals surface area contributed by atoms with Crippen LogP contribution in [0, 0.1) is 0 Å². The topological polar surface area (TPSA) is 81.9 Å². The molecule has 2 heterocycles. The first-order valence-corrected chi connectivity index (χ1v) is 13.2. The van der Waals surface area contributed by atoms with Crippen LogP contribution in [0.5, 0.6) is 5.75 Å². The molecule has 0 spiro atoms. The molecule has 0 aliphatic rings. The van der Waals surface area contributed by atoms with Crippen LogP contribution in [0.2, 0.25) is 10.0 Å². The highest BCUT2D eigenvalue weighted by Crippen LogP contribution is 2.32. The second-order valence-electron chi connectivity index (χ2n) is 7.32. The van der Waals surface area contributed by atoms with Gasteiger partial charge in [-0.3, -0.25) is 9.36 Å². The third-order valence-electron chi connectivity index (χ3n) is 4.77. The van der Waals surface area contributed by atoms with Gasteiger partial charge in [0.1, 0.15) is 5.75 Å². The first kappa shape index (κ1) is 25.2. The maximum absolute atomic E-state index is 12.6. The number of amides is 1. The summed E-state index contributed by atoms with van der Waals surface area (Å²) in [6, 6.07) is 14.8. The van der Waals surface area contributed by atoms with Crippen molar-refractivity contribution in [3.63, 3.8) is 0 Å². The van der Waals surface area contributed by atoms with Gasteiger partial charge in [-0.2, -0.15) is 0 Å². The molecule has 7 nitrogen and oxygen atoms in total. The quantitative estimate of drug-likeness (QED) is 0.175. The smallest absolute Gasteiger partial charge is 0.236 e. The number of nitrogens with zero attached hydrogens (tertiary/aromatic N) is 4. The molecule has 35 heavy (non-hydrogen) atoms. The average molecular weight is 547 g/mol. The molecule has 0 aliphatic carbocycles. The Bertz CT molecular complexity index is 1330. The molecule has 1 amide bonds. The van der Waals surface area contributed by atoms with Gasteiger partial charge in [0, 0.05) is 28.6 Å². The molecule has 0 aliphatic heterocycles. The SMILES string of the molecule is C=CCn1c(SCC(=O)Nc2nc(-c3ccccc3)cs2)nnc1C(C)Oc1cc(Cl)ccc1Cl. The first-order valence-electron chi connectivity index (χ1n) is 10.5. The predicted molar refractivity (Wildman–Crippen MR) is 143 cm³/mol. The Kier molecular flexibility index (Phi) is 8.46. The van der Waals surface area contributed by atoms with Crippen molar-refractivity contribution in [1.29, 1.82) is 0 Å². The number of halogens is 2. The van der Waals surface area contributed by atoms with E-state index in [0.717, 1.165) is 11.3 Å². The molecule has 1 unspecified atom stereocenters. The van der Waals surface area contributed by atoms with Gasteiger partial charge in [-0.25, -0.2) is 4.98 Å². The van der Waals surface area contributed by atoms with Crippen LogP contribution >= 0.6 is 46.3 Å². The summed E-state index contributed by atoms with van der Waals surface area (Å²) < 4.78 is 7.84. The Morgan fingerprint density at radius 1 is 1.26 bits per heavy atom. The molecule has 11 heteroatoms. The van der Waals surface area contributed by atoms with Crippen molar-refractivity contribution in [2.45, 2.75) is 24.7 Å². The van der Waals surface area contributed by atoms with E-state index in [1.165, 1.54) is 23.1 Å². The molecule has 0 bridgehead atoms. The molecule has 180 valence electrons. The number of ether oxygens (including phenoxy) is 1. The normalized spacial score (nSPS) is 11.7. The standard InChI is InChI=1S/C24H21Cl2N5O2S2/c1-3-11-31-22(15(2)33-20-12-17(25)9-10-18(20)26)29-30-24(31)35-14-21(32)28-23-27-19(13-34-23)16-7-5-4-6-8-16/h3-10,12-13,15H,1,11,14H2,2H3,(H,27,28,32). The molecule has 1 atom stereocenters. The van der Waals surface area contributed by atoms with Crippen molar-refractivity contribution in [3.8, 4) is 17.0 Å². The summed E-state index contributed by atoms with van der Waals surface area (Å²) in [5, 5.41) is 15.4. The van der Waals surface area contributed by atoms with Crippen LogP contribution in [-0.4, -0.2) is 31.4 Å². The number of hydrogen-bond donors (Lipinski definition) is 1. The molecule has 4 rings (SSSR count). The summed E-state index contributed by atoms with van der Waals surface area (Å²) in [5.74, 6) is 0.988. The van der Waals surface area contributed by atoms with Crippen LogP contribution in [0.1, 0.15) is 18.9 Å². The van der Waals surface area contributed by atoms with Gasteiger partial charge in [-0.1, -0.05) is 71.4 Å². The number of hydrogen-bond acceptors (Lipinski definition) is 7. The van der Waals surface area contributed by atoms with Crippen molar-refractivity contribution in [2.24, 2.45) is 0 Å². The highest BCUT2D eigenvalue weighted by molar-refractivity contribution is 7.99. The monoisotopic (exact) mass is 545 g/mol. The van der Waals surface area contributed by atoms with Crippen molar-refractivity contribution in [1.82, 2.24) is 19.7 Å². The number of thioether (sulfide) groups is 1. The van der Waals surface area contributed by atoms with Crippen molar-refractivity contribution < 1.29 is 9.53 Å². The molecule has 0 fully saturated rings. The van der Waals surface area contributed by atoms with E-state index in [-0.39, 0.29) is 11.7 Å². The van der Waals surface area contributed by atoms with Crippen LogP contribution in [0.25, 0.3) is 11.3 Å². The van der Waals surface area contributed by atoms with Gasteiger partial charge in [-0.05, 0) is 19.1 Å². The summed E-state index contributed by atoms with van der Waals surface area (Å²) in [5.41, 5.74) is 1.82. The molecule has 4 aromatic rings. The van der Waals surface area contributed by atoms with Gasteiger partial charge in [0.25, 0.3) is 0 Å². The Hall–Kier alpha value is -2.85. The third-order valence-corrected chi connectivity index (χ3v) is 7.04. The lowest BCUT2D eigenvalue weighted by Crippen LogP contribution is -2.15. The molecule has 2 aromatic heterocycles. The molecule has 2 aromatic carbocycles. The predicted octanol–water partition coefficient (Wildman–Crippen LogP) is 6.77. The van der Waals surface area contributed by atoms with E-state index >= 15 is 0 Å². The Labute approximate surface area is 221 Å². The van der Waals surface area contributed by atoms with Gasteiger partial charge in [0.15, 0.2) is 22.2 Å². The number of thiazole rings is 1. The Balaban J connectivity index is 1.40. The number of nitrogens with one attached hydrogen (secondary N) is 1. The minimum Gasteiger partial charge on any atom is -0.481 e. The van der Waals surface area contributed by atoms with E-state index in [9.17, 15) is 4.79 Å². The summed E-state index contributed by atoms with van der Waals surface area (Å²) in [6.07, 6.45) is 1.27. The molecule has 1 N–H and O–H groups in total. The number of carbonyl (C=O) groups excluding carboxylic acids is 1. The number of carbonyl (C=O) groups is 1.